The number of carbonyl (C=O) groups excluding carboxylic acids is 2. The fraction of sp³-hybridized carbons (Fsp3) is 0.667. The van der Waals surface area contributed by atoms with E-state index in [9.17, 15) is 33.0 Å². The maximum atomic E-state index is 14.1. The fourth-order valence-electron chi connectivity index (χ4n) is 4.85. The second-order valence-corrected chi connectivity index (χ2v) is 12.0. The van der Waals surface area contributed by atoms with Crippen LogP contribution in [-0.2, 0) is 19.1 Å². The molecule has 1 aromatic heterocycles. The summed E-state index contributed by atoms with van der Waals surface area (Å²) in [5.41, 5.74) is -2.77. The molecule has 3 heterocycles. The molecule has 0 aromatic carbocycles. The number of hydrogen-bond donors (Lipinski definition) is 2. The number of cyclic esters (lactones) is 1. The molecule has 0 amide bonds. The number of thiazole rings is 1. The summed E-state index contributed by atoms with van der Waals surface area (Å²) in [6, 6.07) is 0. The van der Waals surface area contributed by atoms with Crippen LogP contribution in [0.4, 0.5) is 13.2 Å². The number of nitrogens with zero attached hydrogens (tertiary/aromatic N) is 1. The molecule has 11 heteroatoms. The van der Waals surface area contributed by atoms with Crippen LogP contribution in [0.2, 0.25) is 0 Å². The van der Waals surface area contributed by atoms with Gasteiger partial charge >= 0.3 is 12.1 Å². The van der Waals surface area contributed by atoms with Crippen molar-refractivity contribution in [1.29, 1.82) is 0 Å². The number of alkyl halides is 3. The molecule has 0 unspecified atom stereocenters. The van der Waals surface area contributed by atoms with Crippen LogP contribution in [-0.4, -0.2) is 63.1 Å². The highest BCUT2D eigenvalue weighted by molar-refractivity contribution is 7.09. The fourth-order valence-corrected chi connectivity index (χ4v) is 5.42. The van der Waals surface area contributed by atoms with E-state index < -0.39 is 78.0 Å². The number of hydrogen-bond acceptors (Lipinski definition) is 8. The average molecular weight is 560 g/mol. The van der Waals surface area contributed by atoms with Gasteiger partial charge in [-0.3, -0.25) is 9.59 Å². The lowest BCUT2D eigenvalue weighted by molar-refractivity contribution is -0.183. The van der Waals surface area contributed by atoms with Crippen LogP contribution in [0.3, 0.4) is 0 Å². The molecular formula is C27H36F3NO6S. The van der Waals surface area contributed by atoms with Crippen LogP contribution in [0.1, 0.15) is 64.6 Å². The molecule has 38 heavy (non-hydrogen) atoms. The number of halogens is 3. The predicted octanol–water partition coefficient (Wildman–Crippen LogP) is 4.80. The summed E-state index contributed by atoms with van der Waals surface area (Å²) in [7, 11) is 0. The minimum atomic E-state index is -4.68. The van der Waals surface area contributed by atoms with Crippen LogP contribution in [0, 0.1) is 24.2 Å². The summed E-state index contributed by atoms with van der Waals surface area (Å²) in [5.74, 6) is -2.91. The highest BCUT2D eigenvalue weighted by Crippen LogP contribution is 2.54. The third-order valence-corrected chi connectivity index (χ3v) is 8.46. The van der Waals surface area contributed by atoms with Crippen molar-refractivity contribution in [3.05, 3.63) is 33.8 Å². The molecule has 0 spiro atoms. The average Bonchev–Trinajstić information content (AvgIpc) is 3.38. The number of esters is 1. The molecule has 2 N–H and O–H groups in total. The number of rotatable bonds is 2. The molecule has 7 nitrogen and oxygen atoms in total. The summed E-state index contributed by atoms with van der Waals surface area (Å²) in [5, 5.41) is 24.1. The lowest BCUT2D eigenvalue weighted by Crippen LogP contribution is -2.45. The normalized spacial score (nSPS) is 36.3. The predicted molar refractivity (Wildman–Crippen MR) is 136 cm³/mol. The summed E-state index contributed by atoms with van der Waals surface area (Å²) in [6.45, 7) is 9.53. The molecule has 0 bridgehead atoms. The summed E-state index contributed by atoms with van der Waals surface area (Å²) in [6.07, 6.45) is -6.53. The first kappa shape index (κ1) is 30.5. The van der Waals surface area contributed by atoms with E-state index in [4.69, 9.17) is 9.47 Å². The molecule has 0 saturated carbocycles. The van der Waals surface area contributed by atoms with E-state index in [0.29, 0.717) is 11.3 Å². The van der Waals surface area contributed by atoms with Gasteiger partial charge in [-0.15, -0.1) is 11.3 Å². The van der Waals surface area contributed by atoms with E-state index in [0.717, 1.165) is 5.01 Å². The van der Waals surface area contributed by atoms with Crippen LogP contribution < -0.4 is 0 Å². The lowest BCUT2D eigenvalue weighted by Gasteiger charge is -2.34. The van der Waals surface area contributed by atoms with E-state index in [1.807, 2.05) is 6.92 Å². The second kappa shape index (κ2) is 11.2. The molecule has 7 atom stereocenters. The van der Waals surface area contributed by atoms with Crippen molar-refractivity contribution in [2.75, 3.05) is 0 Å². The van der Waals surface area contributed by atoms with Gasteiger partial charge in [0.2, 0.25) is 0 Å². The number of aliphatic hydroxyl groups excluding tert-OH is 2. The molecule has 212 valence electrons. The lowest BCUT2D eigenvalue weighted by atomic mass is 9.73. The van der Waals surface area contributed by atoms with Crippen LogP contribution in [0.15, 0.2) is 23.1 Å². The van der Waals surface area contributed by atoms with Crippen LogP contribution in [0.5, 0.6) is 0 Å². The third-order valence-electron chi connectivity index (χ3n) is 7.67. The Morgan fingerprint density at radius 3 is 2.47 bits per heavy atom. The zero-order valence-electron chi connectivity index (χ0n) is 22.4. The van der Waals surface area contributed by atoms with Crippen molar-refractivity contribution in [2.45, 2.75) is 97.0 Å². The monoisotopic (exact) mass is 559 g/mol. The van der Waals surface area contributed by atoms with Gasteiger partial charge in [0, 0.05) is 30.1 Å². The number of Topliss-reactive ketones (excluding diaryl/α,β-unsaturated/α-hetero) is 1. The summed E-state index contributed by atoms with van der Waals surface area (Å²) >= 11 is 1.41. The Morgan fingerprint density at radius 1 is 1.24 bits per heavy atom. The molecular weight excluding hydrogens is 523 g/mol. The first-order valence-corrected chi connectivity index (χ1v) is 13.5. The quantitative estimate of drug-likeness (QED) is 0.305. The van der Waals surface area contributed by atoms with E-state index in [2.05, 4.69) is 4.98 Å². The number of carbonyl (C=O) groups is 2. The van der Waals surface area contributed by atoms with Gasteiger partial charge in [-0.1, -0.05) is 39.8 Å². The van der Waals surface area contributed by atoms with Gasteiger partial charge in [0.05, 0.1) is 34.7 Å². The van der Waals surface area contributed by atoms with E-state index >= 15 is 0 Å². The number of epoxide rings is 1. The first-order chi connectivity index (χ1) is 17.5. The van der Waals surface area contributed by atoms with Gasteiger partial charge in [0.25, 0.3) is 0 Å². The highest BCUT2D eigenvalue weighted by Gasteiger charge is 2.72. The van der Waals surface area contributed by atoms with Gasteiger partial charge < -0.3 is 19.7 Å². The molecule has 1 saturated heterocycles. The Bertz CT molecular complexity index is 1100. The number of ketones is 1. The number of aryl methyl sites for hydroxylation is 1. The molecule has 3 rings (SSSR count). The largest absolute Gasteiger partial charge is 0.458 e. The van der Waals surface area contributed by atoms with E-state index in [1.54, 1.807) is 25.3 Å². The van der Waals surface area contributed by atoms with Crippen LogP contribution >= 0.6 is 11.3 Å². The van der Waals surface area contributed by atoms with Crippen molar-refractivity contribution in [1.82, 2.24) is 4.98 Å². The Labute approximate surface area is 224 Å². The van der Waals surface area contributed by atoms with Crippen molar-refractivity contribution in [3.8, 4) is 0 Å². The molecule has 1 aromatic rings. The zero-order chi connectivity index (χ0) is 28.6. The number of ether oxygens (including phenoxy) is 2. The number of aromatic nitrogens is 1. The maximum Gasteiger partial charge on any atom is 0.420 e. The molecule has 2 aliphatic heterocycles. The minimum absolute atomic E-state index is 0.252. The molecule has 2 aliphatic rings. The zero-order valence-corrected chi connectivity index (χ0v) is 23.2. The first-order valence-electron chi connectivity index (χ1n) is 12.6. The highest BCUT2D eigenvalue weighted by atomic mass is 32.1. The van der Waals surface area contributed by atoms with E-state index in [-0.39, 0.29) is 6.42 Å². The Kier molecular flexibility index (Phi) is 8.97. The molecule has 1 fully saturated rings. The van der Waals surface area contributed by atoms with Crippen molar-refractivity contribution < 1.29 is 42.4 Å². The van der Waals surface area contributed by atoms with Crippen LogP contribution in [0.25, 0.3) is 6.08 Å². The summed E-state index contributed by atoms with van der Waals surface area (Å²) < 4.78 is 53.2. The van der Waals surface area contributed by atoms with Crippen molar-refractivity contribution in [2.24, 2.45) is 17.3 Å². The van der Waals surface area contributed by atoms with Gasteiger partial charge in [-0.2, -0.15) is 13.2 Å². The standard InChI is InChI=1S/C27H36F3NO6S/c1-14-8-7-9-26(27(28,29)30)21(37-26)11-19(15(2)10-18-13-38-17(4)31-18)36-22(33)12-20(32)25(5,6)24(35)16(3)23(14)34/h7-8,10,13-14,16,19-21,23,32,34H,9,11-12H2,1-6H3/b8-7-,15-10+/t14-,16+,19-,20-,21-,23-,26+/m0/s1. The third kappa shape index (κ3) is 6.38. The van der Waals surface area contributed by atoms with Gasteiger partial charge in [0.1, 0.15) is 18.0 Å². The van der Waals surface area contributed by atoms with Gasteiger partial charge in [-0.05, 0) is 25.5 Å². The topological polar surface area (TPSA) is 109 Å². The minimum Gasteiger partial charge on any atom is -0.458 e. The number of aliphatic hydroxyl groups is 2. The SMILES string of the molecule is C/C(=C\c1csc(C)n1)[C@@H]1C[C@@H]2O[C@]2(C(F)(F)F)C/C=C\[C@H](C)[C@H](O)[C@@H](C)C(=O)C(C)(C)[C@@H](O)CC(=O)O1. The second-order valence-electron chi connectivity index (χ2n) is 11.0. The summed E-state index contributed by atoms with van der Waals surface area (Å²) in [4.78, 5) is 30.4. The van der Waals surface area contributed by atoms with Crippen molar-refractivity contribution in [3.63, 3.8) is 0 Å². The smallest absolute Gasteiger partial charge is 0.420 e. The maximum absolute atomic E-state index is 14.1. The Hall–Kier alpha value is -2.08. The van der Waals surface area contributed by atoms with E-state index in [1.165, 1.54) is 44.3 Å². The Morgan fingerprint density at radius 2 is 1.89 bits per heavy atom. The molecule has 0 aliphatic carbocycles. The van der Waals surface area contributed by atoms with Gasteiger partial charge in [0.15, 0.2) is 5.60 Å². The Balaban J connectivity index is 1.98. The molecule has 0 radical (unpaired) electrons. The van der Waals surface area contributed by atoms with Crippen molar-refractivity contribution >= 4 is 29.2 Å². The number of fused-ring (bicyclic) bond motifs is 1. The van der Waals surface area contributed by atoms with Gasteiger partial charge in [-0.25, -0.2) is 4.98 Å².